The monoisotopic (exact) mass is 641 g/mol. The van der Waals surface area contributed by atoms with E-state index in [4.69, 9.17) is 0 Å². The van der Waals surface area contributed by atoms with Crippen molar-refractivity contribution >= 4 is 16.7 Å². The number of nitrogens with zero attached hydrogens (tertiary/aromatic N) is 1. The molecule has 1 heterocycles. The number of pyridine rings is 1. The van der Waals surface area contributed by atoms with Gasteiger partial charge >= 0.3 is 0 Å². The van der Waals surface area contributed by atoms with Crippen molar-refractivity contribution in [2.24, 2.45) is 10.8 Å². The fourth-order valence-electron chi connectivity index (χ4n) is 3.10. The van der Waals surface area contributed by atoms with Crippen LogP contribution in [0.3, 0.4) is 0 Å². The van der Waals surface area contributed by atoms with Crippen molar-refractivity contribution in [1.82, 2.24) is 4.98 Å². The van der Waals surface area contributed by atoms with Gasteiger partial charge in [-0.2, -0.15) is 0 Å². The van der Waals surface area contributed by atoms with E-state index >= 15 is 0 Å². The van der Waals surface area contributed by atoms with Crippen molar-refractivity contribution in [2.75, 3.05) is 0 Å². The number of hydrogen-bond acceptors (Lipinski definition) is 3. The van der Waals surface area contributed by atoms with Gasteiger partial charge in [0.25, 0.3) is 0 Å². The second kappa shape index (κ2) is 11.4. The first-order valence-corrected chi connectivity index (χ1v) is 11.1. The van der Waals surface area contributed by atoms with Crippen LogP contribution in [0, 0.1) is 43.5 Å². The van der Waals surface area contributed by atoms with Crippen LogP contribution >= 0.6 is 0 Å². The molecule has 0 unspecified atom stereocenters. The molecule has 0 saturated heterocycles. The van der Waals surface area contributed by atoms with Gasteiger partial charge in [-0.3, -0.25) is 9.78 Å². The number of aliphatic hydroxyl groups is 1. The molecule has 0 saturated carbocycles. The van der Waals surface area contributed by atoms with Crippen molar-refractivity contribution in [3.63, 3.8) is 0 Å². The number of allylic oxidation sites excluding steroid dienone is 2. The zero-order valence-electron chi connectivity index (χ0n) is 21.6. The Hall–Kier alpha value is -2.36. The van der Waals surface area contributed by atoms with Gasteiger partial charge in [-0.15, -0.1) is 34.9 Å². The number of halogens is 1. The molecule has 2 aromatic carbocycles. The van der Waals surface area contributed by atoms with Crippen molar-refractivity contribution in [3.05, 3.63) is 76.8 Å². The predicted molar refractivity (Wildman–Crippen MR) is 135 cm³/mol. The Bertz CT molecular complexity index is 1180. The first-order valence-electron chi connectivity index (χ1n) is 11.1. The third kappa shape index (κ3) is 8.14. The molecular weight excluding hydrogens is 606 g/mol. The molecular formula is C29H35FIrNO2-. The van der Waals surface area contributed by atoms with Crippen LogP contribution in [0.15, 0.2) is 48.2 Å². The minimum atomic E-state index is -0.417. The normalized spacial score (nSPS) is 12.0. The molecule has 3 nitrogen and oxygen atoms in total. The Balaban J connectivity index is 0.000000364. The minimum absolute atomic E-state index is 0. The van der Waals surface area contributed by atoms with Gasteiger partial charge in [-0.25, -0.2) is 4.39 Å². The van der Waals surface area contributed by atoms with Gasteiger partial charge in [0.2, 0.25) is 0 Å². The van der Waals surface area contributed by atoms with Crippen molar-refractivity contribution in [1.29, 1.82) is 0 Å². The number of ketones is 1. The standard InChI is InChI=1S/C18H15FN.C11H20O2.Ir/c1-11-6-12(2)8-14(7-11)18-9-13(3)16-10-15(19)4-5-17(16)20-18;1-10(2,3)8(12)7-9(13)11(4,5)6;/h4-7,9-10H,1-3H3;7,12H,1-6H3;/q-1;;. The molecule has 1 aromatic heterocycles. The fourth-order valence-corrected chi connectivity index (χ4v) is 3.10. The molecule has 1 N–H and O–H groups in total. The number of aryl methyl sites for hydroxylation is 3. The van der Waals surface area contributed by atoms with E-state index < -0.39 is 5.41 Å². The van der Waals surface area contributed by atoms with E-state index in [1.54, 1.807) is 6.07 Å². The van der Waals surface area contributed by atoms with Gasteiger partial charge in [-0.05, 0) is 36.4 Å². The van der Waals surface area contributed by atoms with E-state index in [1.165, 1.54) is 23.8 Å². The molecule has 3 aromatic rings. The summed E-state index contributed by atoms with van der Waals surface area (Å²) in [6, 6.07) is 14.2. The number of aromatic nitrogens is 1. The predicted octanol–water partition coefficient (Wildman–Crippen LogP) is 7.85. The maximum Gasteiger partial charge on any atom is 0.164 e. The number of hydrogen-bond donors (Lipinski definition) is 1. The van der Waals surface area contributed by atoms with Crippen LogP contribution < -0.4 is 0 Å². The molecule has 0 bridgehead atoms. The molecule has 185 valence electrons. The van der Waals surface area contributed by atoms with Gasteiger partial charge in [-0.1, -0.05) is 61.5 Å². The summed E-state index contributed by atoms with van der Waals surface area (Å²) in [5.41, 5.74) is 5.23. The van der Waals surface area contributed by atoms with E-state index in [0.29, 0.717) is 0 Å². The van der Waals surface area contributed by atoms with Crippen LogP contribution in [0.1, 0.15) is 58.2 Å². The number of rotatable bonds is 2. The minimum Gasteiger partial charge on any atom is -0.512 e. The van der Waals surface area contributed by atoms with Crippen LogP contribution in [0.4, 0.5) is 4.39 Å². The summed E-state index contributed by atoms with van der Waals surface area (Å²) in [7, 11) is 0. The smallest absolute Gasteiger partial charge is 0.164 e. The summed E-state index contributed by atoms with van der Waals surface area (Å²) in [6.07, 6.45) is 1.33. The van der Waals surface area contributed by atoms with Gasteiger partial charge in [0.1, 0.15) is 11.6 Å². The first-order chi connectivity index (χ1) is 15.1. The molecule has 0 fully saturated rings. The topological polar surface area (TPSA) is 50.2 Å². The van der Waals surface area contributed by atoms with Gasteiger partial charge < -0.3 is 5.11 Å². The van der Waals surface area contributed by atoms with Crippen molar-refractivity contribution < 1.29 is 34.4 Å². The third-order valence-corrected chi connectivity index (χ3v) is 5.18. The summed E-state index contributed by atoms with van der Waals surface area (Å²) in [5, 5.41) is 10.4. The Morgan fingerprint density at radius 2 is 1.59 bits per heavy atom. The number of benzene rings is 2. The van der Waals surface area contributed by atoms with Crippen molar-refractivity contribution in [3.8, 4) is 11.3 Å². The van der Waals surface area contributed by atoms with Gasteiger partial charge in [0.05, 0.1) is 5.52 Å². The summed E-state index contributed by atoms with van der Waals surface area (Å²) in [4.78, 5) is 16.1. The molecule has 3 rings (SSSR count). The molecule has 0 aliphatic heterocycles. The van der Waals surface area contributed by atoms with Crippen LogP contribution in [-0.4, -0.2) is 15.9 Å². The van der Waals surface area contributed by atoms with Crippen LogP contribution in [0.5, 0.6) is 0 Å². The Labute approximate surface area is 216 Å². The second-order valence-corrected chi connectivity index (χ2v) is 10.6. The molecule has 0 spiro atoms. The Morgan fingerprint density at radius 1 is 0.971 bits per heavy atom. The molecule has 1 radical (unpaired) electrons. The van der Waals surface area contributed by atoms with Crippen LogP contribution in [-0.2, 0) is 24.9 Å². The molecule has 34 heavy (non-hydrogen) atoms. The summed E-state index contributed by atoms with van der Waals surface area (Å²) in [5.74, 6) is -0.125. The summed E-state index contributed by atoms with van der Waals surface area (Å²) >= 11 is 0. The molecule has 5 heteroatoms. The molecule has 0 amide bonds. The number of carbonyl (C=O) groups excluding carboxylic acids is 1. The van der Waals surface area contributed by atoms with Gasteiger partial charge in [0, 0.05) is 42.4 Å². The molecule has 0 aliphatic rings. The molecule has 0 atom stereocenters. The van der Waals surface area contributed by atoms with E-state index in [0.717, 1.165) is 33.3 Å². The number of carbonyl (C=O) groups is 1. The van der Waals surface area contributed by atoms with E-state index in [9.17, 15) is 14.3 Å². The van der Waals surface area contributed by atoms with Gasteiger partial charge in [0.15, 0.2) is 5.78 Å². The second-order valence-electron chi connectivity index (χ2n) is 10.6. The largest absolute Gasteiger partial charge is 0.512 e. The maximum atomic E-state index is 13.3. The van der Waals surface area contributed by atoms with E-state index in [1.807, 2.05) is 61.5 Å². The SMILES string of the molecule is CC(C)(C)C(=O)C=C(O)C(C)(C)C.Cc1[c-]c(-c2cc(C)c3cc(F)ccc3n2)cc(C)c1.[Ir]. The molecule has 0 aliphatic carbocycles. The average Bonchev–Trinajstić information content (AvgIpc) is 2.66. The first kappa shape index (κ1) is 29.7. The average molecular weight is 641 g/mol. The maximum absolute atomic E-state index is 13.3. The number of fused-ring (bicyclic) bond motifs is 1. The Kier molecular flexibility index (Phi) is 9.93. The summed E-state index contributed by atoms with van der Waals surface area (Å²) in [6.45, 7) is 17.2. The zero-order chi connectivity index (χ0) is 25.1. The van der Waals surface area contributed by atoms with E-state index in [2.05, 4.69) is 30.1 Å². The Morgan fingerprint density at radius 3 is 2.12 bits per heavy atom. The third-order valence-electron chi connectivity index (χ3n) is 5.18. The van der Waals surface area contributed by atoms with Crippen LogP contribution in [0.25, 0.3) is 22.2 Å². The van der Waals surface area contributed by atoms with Crippen molar-refractivity contribution in [2.45, 2.75) is 62.3 Å². The fraction of sp³-hybridized carbons (Fsp3) is 0.379. The van der Waals surface area contributed by atoms with Crippen LogP contribution in [0.2, 0.25) is 0 Å². The zero-order valence-corrected chi connectivity index (χ0v) is 24.0. The quantitative estimate of drug-likeness (QED) is 0.176. The number of aliphatic hydroxyl groups excluding tert-OH is 1. The summed E-state index contributed by atoms with van der Waals surface area (Å²) < 4.78 is 13.3. The van der Waals surface area contributed by atoms with E-state index in [-0.39, 0.29) is 42.9 Å².